The predicted octanol–water partition coefficient (Wildman–Crippen LogP) is 2.93. The second-order valence-electron chi connectivity index (χ2n) is 5.50. The first-order chi connectivity index (χ1) is 13.1. The van der Waals surface area contributed by atoms with Crippen molar-refractivity contribution in [3.63, 3.8) is 0 Å². The molecule has 0 saturated carbocycles. The largest absolute Gasteiger partial charge is 0.424 e. The highest BCUT2D eigenvalue weighted by Crippen LogP contribution is 2.42. The maximum absolute atomic E-state index is 13.6. The Labute approximate surface area is 167 Å². The van der Waals surface area contributed by atoms with Gasteiger partial charge in [0.25, 0.3) is 10.0 Å². The normalized spacial score (nSPS) is 13.9. The van der Waals surface area contributed by atoms with E-state index >= 15 is 0 Å². The van der Waals surface area contributed by atoms with Crippen molar-refractivity contribution in [2.75, 3.05) is 6.29 Å². The van der Waals surface area contributed by atoms with Gasteiger partial charge in [-0.3, -0.25) is 0 Å². The van der Waals surface area contributed by atoms with Crippen molar-refractivity contribution >= 4 is 49.7 Å². The fraction of sp³-hybridized carbons (Fsp3) is 0.133. The topological polar surface area (TPSA) is 143 Å². The van der Waals surface area contributed by atoms with Crippen LogP contribution < -0.4 is 15.0 Å². The molecule has 0 radical (unpaired) electrons. The average Bonchev–Trinajstić information content (AvgIpc) is 3.19. The number of sulfonamides is 1. The van der Waals surface area contributed by atoms with E-state index in [9.17, 15) is 22.3 Å². The number of hydrogen-bond acceptors (Lipinski definition) is 8. The highest BCUT2D eigenvalue weighted by molar-refractivity contribution is 7.92. The zero-order valence-corrected chi connectivity index (χ0v) is 17.3. The smallest absolute Gasteiger partial charge is 0.391 e. The minimum Gasteiger partial charge on any atom is -0.424 e. The number of nitrogens with one attached hydrogen (secondary N) is 1. The number of benzene rings is 1. The summed E-state index contributed by atoms with van der Waals surface area (Å²) in [5, 5.41) is 8.67. The molecule has 13 heteroatoms. The van der Waals surface area contributed by atoms with Gasteiger partial charge < -0.3 is 15.2 Å². The van der Waals surface area contributed by atoms with Gasteiger partial charge in [-0.2, -0.15) is 9.98 Å². The first-order valence-electron chi connectivity index (χ1n) is 7.56. The molecule has 0 fully saturated rings. The number of fused-ring (bicyclic) bond motifs is 1. The molecule has 0 aliphatic carbocycles. The Balaban J connectivity index is 1.71. The fourth-order valence-electron chi connectivity index (χ4n) is 2.17. The molecule has 1 aromatic carbocycles. The Morgan fingerprint density at radius 2 is 2.00 bits per heavy atom. The molecule has 1 atom stereocenters. The zero-order valence-electron chi connectivity index (χ0n) is 14.0. The van der Waals surface area contributed by atoms with E-state index in [1.807, 2.05) is 4.72 Å². The van der Waals surface area contributed by atoms with Gasteiger partial charge in [-0.15, -0.1) is 22.7 Å². The van der Waals surface area contributed by atoms with Crippen molar-refractivity contribution in [3.05, 3.63) is 46.6 Å². The van der Waals surface area contributed by atoms with Crippen LogP contribution in [-0.2, 0) is 21.1 Å². The Morgan fingerprint density at radius 1 is 1.29 bits per heavy atom. The summed E-state index contributed by atoms with van der Waals surface area (Å²) < 4.78 is 58.8. The van der Waals surface area contributed by atoms with Gasteiger partial charge in [-0.25, -0.2) is 17.4 Å². The lowest BCUT2D eigenvalue weighted by molar-refractivity contribution is 0.377. The highest BCUT2D eigenvalue weighted by Gasteiger charge is 2.27. The zero-order chi connectivity index (χ0) is 20.5. The number of halogens is 1. The standard InChI is InChI=1S/C15H13FN3O5PS3/c16-12-3-10(2-1-9(12)6-17)24-25(20,21)8-19-28(22,23)15-5-14-13(27-15)4-11(7-18)26-14/h1-5,19H,7-8,18H2,(H,20,21). The van der Waals surface area contributed by atoms with E-state index in [0.29, 0.717) is 6.54 Å². The average molecular weight is 461 g/mol. The monoisotopic (exact) mass is 461 g/mol. The summed E-state index contributed by atoms with van der Waals surface area (Å²) in [7, 11) is -8.50. The molecule has 3 rings (SSSR count). The predicted molar refractivity (Wildman–Crippen MR) is 104 cm³/mol. The van der Waals surface area contributed by atoms with Gasteiger partial charge in [-0.05, 0) is 24.3 Å². The summed E-state index contributed by atoms with van der Waals surface area (Å²) >= 11 is 2.38. The summed E-state index contributed by atoms with van der Waals surface area (Å²) in [5.74, 6) is -1.22. The van der Waals surface area contributed by atoms with Gasteiger partial charge in [0.1, 0.15) is 28.1 Å². The summed E-state index contributed by atoms with van der Waals surface area (Å²) in [6.45, 7) is 0.355. The van der Waals surface area contributed by atoms with E-state index in [1.54, 1.807) is 12.1 Å². The van der Waals surface area contributed by atoms with E-state index in [-0.39, 0.29) is 15.5 Å². The number of nitriles is 1. The minimum absolute atomic E-state index is 0.0123. The molecule has 0 amide bonds. The van der Waals surface area contributed by atoms with Crippen molar-refractivity contribution in [2.45, 2.75) is 10.8 Å². The number of hydrogen-bond donors (Lipinski definition) is 3. The number of rotatable bonds is 7. The highest BCUT2D eigenvalue weighted by atomic mass is 32.2. The van der Waals surface area contributed by atoms with Crippen LogP contribution in [0.4, 0.5) is 4.39 Å². The van der Waals surface area contributed by atoms with Crippen LogP contribution in [-0.4, -0.2) is 19.6 Å². The van der Waals surface area contributed by atoms with Crippen LogP contribution in [0.25, 0.3) is 9.40 Å². The van der Waals surface area contributed by atoms with Crippen molar-refractivity contribution < 1.29 is 26.8 Å². The second kappa shape index (κ2) is 7.88. The lowest BCUT2D eigenvalue weighted by Gasteiger charge is -2.14. The number of nitrogens with zero attached hydrogens (tertiary/aromatic N) is 1. The molecule has 4 N–H and O–H groups in total. The summed E-state index contributed by atoms with van der Waals surface area (Å²) in [6, 6.07) is 7.87. The molecule has 2 aromatic heterocycles. The third-order valence-corrected chi connectivity index (χ3v) is 8.92. The van der Waals surface area contributed by atoms with E-state index in [4.69, 9.17) is 15.5 Å². The third-order valence-electron chi connectivity index (χ3n) is 3.46. The Morgan fingerprint density at radius 3 is 2.61 bits per heavy atom. The maximum atomic E-state index is 13.6. The molecule has 28 heavy (non-hydrogen) atoms. The molecule has 2 heterocycles. The summed E-state index contributed by atoms with van der Waals surface area (Å²) in [6.07, 6.45) is -0.906. The lowest BCUT2D eigenvalue weighted by Crippen LogP contribution is -2.25. The van der Waals surface area contributed by atoms with Crippen molar-refractivity contribution in [1.82, 2.24) is 4.72 Å². The van der Waals surface area contributed by atoms with Crippen LogP contribution in [0.5, 0.6) is 5.75 Å². The van der Waals surface area contributed by atoms with Crippen LogP contribution in [0.3, 0.4) is 0 Å². The maximum Gasteiger partial charge on any atom is 0.391 e. The Hall–Kier alpha value is -1.84. The van der Waals surface area contributed by atoms with Gasteiger partial charge in [-0.1, -0.05) is 0 Å². The summed E-state index contributed by atoms with van der Waals surface area (Å²) in [4.78, 5) is 10.8. The van der Waals surface area contributed by atoms with Crippen LogP contribution in [0.1, 0.15) is 10.4 Å². The van der Waals surface area contributed by atoms with Crippen molar-refractivity contribution in [2.24, 2.45) is 5.73 Å². The molecule has 8 nitrogen and oxygen atoms in total. The van der Waals surface area contributed by atoms with Crippen molar-refractivity contribution in [3.8, 4) is 11.8 Å². The van der Waals surface area contributed by atoms with Gasteiger partial charge in [0, 0.05) is 26.9 Å². The second-order valence-corrected chi connectivity index (χ2v) is 11.5. The quantitative estimate of drug-likeness (QED) is 0.459. The van der Waals surface area contributed by atoms with Crippen LogP contribution in [0, 0.1) is 17.1 Å². The van der Waals surface area contributed by atoms with Gasteiger partial charge in [0.15, 0.2) is 0 Å². The Kier molecular flexibility index (Phi) is 5.88. The number of thiophene rings is 2. The third kappa shape index (κ3) is 4.59. The van der Waals surface area contributed by atoms with Crippen LogP contribution >= 0.6 is 30.3 Å². The lowest BCUT2D eigenvalue weighted by atomic mass is 10.2. The molecule has 0 aliphatic heterocycles. The molecular formula is C15H13FN3O5PS3. The van der Waals surface area contributed by atoms with Gasteiger partial charge >= 0.3 is 7.60 Å². The molecule has 148 valence electrons. The fourth-order valence-corrected chi connectivity index (χ4v) is 7.42. The molecular weight excluding hydrogens is 448 g/mol. The van der Waals surface area contributed by atoms with Crippen molar-refractivity contribution in [1.29, 1.82) is 5.26 Å². The van der Waals surface area contributed by atoms with Crippen LogP contribution in [0.2, 0.25) is 0 Å². The van der Waals surface area contributed by atoms with Crippen LogP contribution in [0.15, 0.2) is 34.5 Å². The Bertz CT molecular complexity index is 1200. The van der Waals surface area contributed by atoms with E-state index in [2.05, 4.69) is 0 Å². The molecule has 0 saturated heterocycles. The molecule has 0 aliphatic rings. The van der Waals surface area contributed by atoms with Gasteiger partial charge in [0.2, 0.25) is 0 Å². The molecule has 1 unspecified atom stereocenters. The molecule has 3 aromatic rings. The molecule has 0 spiro atoms. The first kappa shape index (κ1) is 20.9. The van der Waals surface area contributed by atoms with Gasteiger partial charge in [0.05, 0.1) is 5.56 Å². The minimum atomic E-state index is -4.46. The van der Waals surface area contributed by atoms with E-state index < -0.39 is 29.7 Å². The first-order valence-corrected chi connectivity index (χ1v) is 12.4. The van der Waals surface area contributed by atoms with E-state index in [1.165, 1.54) is 17.4 Å². The molecule has 0 bridgehead atoms. The SMILES string of the molecule is N#Cc1ccc(OP(=O)(O)CNS(=O)(=O)c2cc3sc(CN)cc3s2)cc1F. The van der Waals surface area contributed by atoms with E-state index in [0.717, 1.165) is 43.8 Å². The number of nitrogens with two attached hydrogens (primary N) is 1. The summed E-state index contributed by atoms with van der Waals surface area (Å²) in [5.41, 5.74) is 5.30.